The van der Waals surface area contributed by atoms with Gasteiger partial charge in [0.25, 0.3) is 0 Å². The van der Waals surface area contributed by atoms with E-state index in [2.05, 4.69) is 29.9 Å². The third kappa shape index (κ3) is 3.37. The molecule has 5 heteroatoms. The predicted octanol–water partition coefficient (Wildman–Crippen LogP) is 2.96. The minimum absolute atomic E-state index is 0.450. The molecule has 2 atom stereocenters. The van der Waals surface area contributed by atoms with Gasteiger partial charge in [-0.05, 0) is 44.3 Å². The van der Waals surface area contributed by atoms with Crippen molar-refractivity contribution in [1.29, 1.82) is 0 Å². The van der Waals surface area contributed by atoms with E-state index in [-0.39, 0.29) is 0 Å². The zero-order valence-corrected chi connectivity index (χ0v) is 15.6. The molecule has 0 spiro atoms. The number of rotatable bonds is 6. The molecule has 1 heterocycles. The molecule has 2 aliphatic rings. The Hall–Kier alpha value is 0.0569. The van der Waals surface area contributed by atoms with Crippen molar-refractivity contribution < 1.29 is 8.85 Å². The van der Waals surface area contributed by atoms with Crippen molar-refractivity contribution in [3.8, 4) is 0 Å². The van der Waals surface area contributed by atoms with Crippen molar-refractivity contribution in [2.24, 2.45) is 11.8 Å². The summed E-state index contributed by atoms with van der Waals surface area (Å²) >= 11 is 0. The van der Waals surface area contributed by atoms with E-state index in [1.165, 1.54) is 38.6 Å². The monoisotopic (exact) mass is 314 g/mol. The molecular weight excluding hydrogens is 280 g/mol. The van der Waals surface area contributed by atoms with Crippen LogP contribution in [0.5, 0.6) is 0 Å². The Bertz CT molecular complexity index is 323. The fourth-order valence-electron chi connectivity index (χ4n) is 4.51. The molecule has 1 aliphatic heterocycles. The van der Waals surface area contributed by atoms with Crippen LogP contribution in [0.15, 0.2) is 0 Å². The molecule has 2 rings (SSSR count). The summed E-state index contributed by atoms with van der Waals surface area (Å²) in [5.74, 6) is 1.81. The zero-order valence-electron chi connectivity index (χ0n) is 14.6. The molecule has 0 bridgehead atoms. The molecule has 0 radical (unpaired) electrons. The van der Waals surface area contributed by atoms with Gasteiger partial charge in [-0.3, -0.25) is 9.13 Å². The molecule has 1 aliphatic carbocycles. The van der Waals surface area contributed by atoms with Gasteiger partial charge in [0, 0.05) is 20.3 Å². The third-order valence-corrected chi connectivity index (χ3v) is 9.38. The standard InChI is InChI=1S/C16H34N2O2Si/c1-6-18(14(2)3)21(19-4,20-5)17-12-11-15-9-7-8-10-16(15)13-17/h14-16H,6-13H2,1-5H3. The SMILES string of the molecule is CCN(C(C)C)[Si](OC)(OC)N1CCC2CCCCC2C1. The highest BCUT2D eigenvalue weighted by atomic mass is 28.4. The lowest BCUT2D eigenvalue weighted by Gasteiger charge is -2.50. The predicted molar refractivity (Wildman–Crippen MR) is 88.9 cm³/mol. The van der Waals surface area contributed by atoms with Crippen LogP contribution in [0.3, 0.4) is 0 Å². The van der Waals surface area contributed by atoms with Gasteiger partial charge in [0.2, 0.25) is 0 Å². The highest BCUT2D eigenvalue weighted by molar-refractivity contribution is 6.61. The average molecular weight is 315 g/mol. The van der Waals surface area contributed by atoms with Gasteiger partial charge in [-0.25, -0.2) is 0 Å². The van der Waals surface area contributed by atoms with Gasteiger partial charge in [-0.1, -0.05) is 40.0 Å². The van der Waals surface area contributed by atoms with Crippen LogP contribution in [0.1, 0.15) is 52.9 Å². The van der Waals surface area contributed by atoms with E-state index >= 15 is 0 Å². The summed E-state index contributed by atoms with van der Waals surface area (Å²) in [4.78, 5) is 0. The van der Waals surface area contributed by atoms with Gasteiger partial charge in [0.05, 0.1) is 0 Å². The van der Waals surface area contributed by atoms with Crippen molar-refractivity contribution in [1.82, 2.24) is 9.13 Å². The van der Waals surface area contributed by atoms with Gasteiger partial charge >= 0.3 is 8.88 Å². The van der Waals surface area contributed by atoms with Crippen LogP contribution >= 0.6 is 0 Å². The van der Waals surface area contributed by atoms with Crippen LogP contribution in [0.25, 0.3) is 0 Å². The number of hydrogen-bond donors (Lipinski definition) is 0. The van der Waals surface area contributed by atoms with E-state index in [1.807, 2.05) is 14.2 Å². The highest BCUT2D eigenvalue weighted by Crippen LogP contribution is 2.38. The molecule has 0 aromatic heterocycles. The van der Waals surface area contributed by atoms with Crippen LogP contribution in [0, 0.1) is 11.8 Å². The Kier molecular flexibility index (Phi) is 6.26. The second-order valence-corrected chi connectivity index (χ2v) is 10.00. The average Bonchev–Trinajstić information content (AvgIpc) is 2.51. The van der Waals surface area contributed by atoms with Crippen molar-refractivity contribution in [3.63, 3.8) is 0 Å². The fourth-order valence-corrected chi connectivity index (χ4v) is 7.95. The largest absolute Gasteiger partial charge is 0.522 e. The second kappa shape index (κ2) is 7.55. The maximum atomic E-state index is 6.09. The first-order valence-electron chi connectivity index (χ1n) is 8.71. The van der Waals surface area contributed by atoms with Gasteiger partial charge in [-0.2, -0.15) is 0 Å². The van der Waals surface area contributed by atoms with E-state index in [9.17, 15) is 0 Å². The maximum Gasteiger partial charge on any atom is 0.522 e. The number of hydrogen-bond acceptors (Lipinski definition) is 4. The minimum atomic E-state index is -2.44. The molecule has 2 unspecified atom stereocenters. The molecule has 124 valence electrons. The first kappa shape index (κ1) is 17.4. The molecule has 21 heavy (non-hydrogen) atoms. The lowest BCUT2D eigenvalue weighted by atomic mass is 9.76. The summed E-state index contributed by atoms with van der Waals surface area (Å²) in [5, 5.41) is 0. The van der Waals surface area contributed by atoms with Gasteiger partial charge < -0.3 is 8.85 Å². The van der Waals surface area contributed by atoms with Crippen LogP contribution in [0.4, 0.5) is 0 Å². The summed E-state index contributed by atoms with van der Waals surface area (Å²) < 4.78 is 17.2. The molecule has 1 saturated heterocycles. The van der Waals surface area contributed by atoms with Crippen LogP contribution in [-0.4, -0.2) is 57.9 Å². The van der Waals surface area contributed by atoms with Gasteiger partial charge in [0.1, 0.15) is 0 Å². The van der Waals surface area contributed by atoms with Crippen molar-refractivity contribution in [3.05, 3.63) is 0 Å². The summed E-state index contributed by atoms with van der Waals surface area (Å²) in [7, 11) is 1.24. The van der Waals surface area contributed by atoms with E-state index in [0.717, 1.165) is 24.9 Å². The molecule has 2 fully saturated rings. The Balaban J connectivity index is 2.17. The number of nitrogens with zero attached hydrogens (tertiary/aromatic N) is 2. The van der Waals surface area contributed by atoms with Crippen LogP contribution in [0.2, 0.25) is 0 Å². The molecule has 0 aromatic carbocycles. The van der Waals surface area contributed by atoms with Gasteiger partial charge in [0.15, 0.2) is 0 Å². The first-order chi connectivity index (χ1) is 10.1. The Morgan fingerprint density at radius 3 is 2.24 bits per heavy atom. The molecule has 1 saturated carbocycles. The first-order valence-corrected chi connectivity index (χ1v) is 10.4. The Labute approximate surface area is 132 Å². The van der Waals surface area contributed by atoms with Crippen LogP contribution in [-0.2, 0) is 8.85 Å². The Morgan fingerprint density at radius 2 is 1.71 bits per heavy atom. The lowest BCUT2D eigenvalue weighted by molar-refractivity contribution is 0.0397. The third-order valence-electron chi connectivity index (χ3n) is 5.55. The summed E-state index contributed by atoms with van der Waals surface area (Å²) in [6, 6.07) is 0.450. The summed E-state index contributed by atoms with van der Waals surface area (Å²) in [5.41, 5.74) is 0. The highest BCUT2D eigenvalue weighted by Gasteiger charge is 2.53. The normalized spacial score (nSPS) is 28.1. The lowest BCUT2D eigenvalue weighted by Crippen LogP contribution is -2.72. The second-order valence-electron chi connectivity index (χ2n) is 6.88. The van der Waals surface area contributed by atoms with Crippen molar-refractivity contribution in [2.45, 2.75) is 58.9 Å². The molecule has 0 N–H and O–H groups in total. The van der Waals surface area contributed by atoms with E-state index < -0.39 is 8.88 Å². The van der Waals surface area contributed by atoms with Gasteiger partial charge in [-0.15, -0.1) is 0 Å². The topological polar surface area (TPSA) is 24.9 Å². The molecular formula is C16H34N2O2Si. The fraction of sp³-hybridized carbons (Fsp3) is 1.00. The van der Waals surface area contributed by atoms with E-state index in [1.54, 1.807) is 0 Å². The number of piperidine rings is 1. The van der Waals surface area contributed by atoms with E-state index in [0.29, 0.717) is 6.04 Å². The molecule has 4 nitrogen and oxygen atoms in total. The molecule has 0 amide bonds. The summed E-state index contributed by atoms with van der Waals surface area (Å²) in [6.07, 6.45) is 7.00. The number of fused-ring (bicyclic) bond motifs is 1. The van der Waals surface area contributed by atoms with Crippen molar-refractivity contribution >= 4 is 8.88 Å². The quantitative estimate of drug-likeness (QED) is 0.704. The van der Waals surface area contributed by atoms with Crippen molar-refractivity contribution in [2.75, 3.05) is 33.9 Å². The Morgan fingerprint density at radius 1 is 1.10 bits per heavy atom. The molecule has 0 aromatic rings. The summed E-state index contributed by atoms with van der Waals surface area (Å²) in [6.45, 7) is 10.00. The zero-order chi connectivity index (χ0) is 15.5. The van der Waals surface area contributed by atoms with Crippen LogP contribution < -0.4 is 0 Å². The smallest absolute Gasteiger partial charge is 0.374 e. The van der Waals surface area contributed by atoms with E-state index in [4.69, 9.17) is 8.85 Å². The minimum Gasteiger partial charge on any atom is -0.374 e. The maximum absolute atomic E-state index is 6.09.